The van der Waals surface area contributed by atoms with Gasteiger partial charge < -0.3 is 5.32 Å². The van der Waals surface area contributed by atoms with Crippen LogP contribution in [0.3, 0.4) is 0 Å². The van der Waals surface area contributed by atoms with Crippen LogP contribution in [-0.4, -0.2) is 12.1 Å². The molecular weight excluding hydrogens is 182 g/mol. The van der Waals surface area contributed by atoms with Crippen molar-refractivity contribution >= 4 is 0 Å². The summed E-state index contributed by atoms with van der Waals surface area (Å²) in [6, 6.07) is 0. The van der Waals surface area contributed by atoms with Gasteiger partial charge in [-0.1, -0.05) is 46.0 Å². The minimum atomic E-state index is 0.279. The number of nitrogens with one attached hydrogen (secondary N) is 1. The first-order chi connectivity index (χ1) is 6.99. The van der Waals surface area contributed by atoms with Gasteiger partial charge in [0.1, 0.15) is 0 Å². The van der Waals surface area contributed by atoms with Crippen molar-refractivity contribution in [2.75, 3.05) is 6.54 Å². The Labute approximate surface area is 97.0 Å². The maximum atomic E-state index is 3.59. The van der Waals surface area contributed by atoms with Gasteiger partial charge in [-0.15, -0.1) is 0 Å². The molecule has 0 bridgehead atoms. The number of hydrogen-bond donors (Lipinski definition) is 1. The number of hydrogen-bond acceptors (Lipinski definition) is 1. The molecule has 0 aliphatic rings. The summed E-state index contributed by atoms with van der Waals surface area (Å²) in [7, 11) is 0. The van der Waals surface area contributed by atoms with E-state index in [4.69, 9.17) is 0 Å². The summed E-state index contributed by atoms with van der Waals surface area (Å²) in [6.45, 7) is 12.5. The number of rotatable bonds is 8. The quantitative estimate of drug-likeness (QED) is 0.631. The average Bonchev–Trinajstić information content (AvgIpc) is 2.12. The highest BCUT2D eigenvalue weighted by Crippen LogP contribution is 2.18. The maximum Gasteiger partial charge on any atom is 0.00965 e. The molecule has 0 spiro atoms. The molecule has 1 nitrogen and oxygen atoms in total. The maximum absolute atomic E-state index is 3.59. The van der Waals surface area contributed by atoms with Crippen LogP contribution in [0.2, 0.25) is 0 Å². The third-order valence-electron chi connectivity index (χ3n) is 2.87. The van der Waals surface area contributed by atoms with E-state index in [0.29, 0.717) is 0 Å². The van der Waals surface area contributed by atoms with Gasteiger partial charge in [0.15, 0.2) is 0 Å². The third kappa shape index (κ3) is 10.2. The molecule has 0 heterocycles. The molecule has 1 heteroatoms. The molecule has 92 valence electrons. The van der Waals surface area contributed by atoms with E-state index in [1.54, 1.807) is 0 Å². The standard InChI is InChI=1S/C14H31N/c1-6-8-10-13(9-7-2)11-12-15-14(3,4)5/h13,15H,6-12H2,1-5H3. The second-order valence-electron chi connectivity index (χ2n) is 5.76. The Morgan fingerprint density at radius 3 is 2.07 bits per heavy atom. The summed E-state index contributed by atoms with van der Waals surface area (Å²) >= 11 is 0. The zero-order chi connectivity index (χ0) is 11.7. The van der Waals surface area contributed by atoms with Crippen LogP contribution in [0.25, 0.3) is 0 Å². The highest BCUT2D eigenvalue weighted by molar-refractivity contribution is 4.71. The Morgan fingerprint density at radius 2 is 1.60 bits per heavy atom. The van der Waals surface area contributed by atoms with Crippen LogP contribution in [0.1, 0.15) is 73.1 Å². The molecule has 0 fully saturated rings. The van der Waals surface area contributed by atoms with Gasteiger partial charge in [-0.2, -0.15) is 0 Å². The van der Waals surface area contributed by atoms with Gasteiger partial charge >= 0.3 is 0 Å². The molecule has 0 aromatic heterocycles. The van der Waals surface area contributed by atoms with Gasteiger partial charge in [-0.05, 0) is 39.7 Å². The first-order valence-electron chi connectivity index (χ1n) is 6.74. The molecule has 0 saturated heterocycles. The molecule has 0 rings (SSSR count). The van der Waals surface area contributed by atoms with Crippen molar-refractivity contribution in [3.05, 3.63) is 0 Å². The van der Waals surface area contributed by atoms with E-state index in [0.717, 1.165) is 5.92 Å². The van der Waals surface area contributed by atoms with Gasteiger partial charge in [-0.25, -0.2) is 0 Å². The first kappa shape index (κ1) is 15.0. The largest absolute Gasteiger partial charge is 0.312 e. The first-order valence-corrected chi connectivity index (χ1v) is 6.74. The van der Waals surface area contributed by atoms with E-state index in [-0.39, 0.29) is 5.54 Å². The monoisotopic (exact) mass is 213 g/mol. The Morgan fingerprint density at radius 1 is 0.933 bits per heavy atom. The molecule has 0 amide bonds. The summed E-state index contributed by atoms with van der Waals surface area (Å²) in [4.78, 5) is 0. The van der Waals surface area contributed by atoms with E-state index in [2.05, 4.69) is 39.9 Å². The van der Waals surface area contributed by atoms with Gasteiger partial charge in [-0.3, -0.25) is 0 Å². The summed E-state index contributed by atoms with van der Waals surface area (Å²) in [6.07, 6.45) is 8.27. The van der Waals surface area contributed by atoms with Crippen molar-refractivity contribution in [1.82, 2.24) is 5.32 Å². The van der Waals surface area contributed by atoms with Gasteiger partial charge in [0, 0.05) is 5.54 Å². The third-order valence-corrected chi connectivity index (χ3v) is 2.87. The molecule has 0 radical (unpaired) electrons. The SMILES string of the molecule is CCCCC(CCC)CCNC(C)(C)C. The molecule has 0 aliphatic carbocycles. The van der Waals surface area contributed by atoms with Crippen LogP contribution in [0, 0.1) is 5.92 Å². The molecule has 1 N–H and O–H groups in total. The molecule has 0 aromatic rings. The minimum Gasteiger partial charge on any atom is -0.312 e. The lowest BCUT2D eigenvalue weighted by molar-refractivity contribution is 0.353. The summed E-state index contributed by atoms with van der Waals surface area (Å²) in [5, 5.41) is 3.59. The van der Waals surface area contributed by atoms with Crippen LogP contribution < -0.4 is 5.32 Å². The molecule has 1 unspecified atom stereocenters. The smallest absolute Gasteiger partial charge is 0.00965 e. The number of unbranched alkanes of at least 4 members (excludes halogenated alkanes) is 1. The minimum absolute atomic E-state index is 0.279. The van der Waals surface area contributed by atoms with Crippen molar-refractivity contribution in [2.45, 2.75) is 78.7 Å². The zero-order valence-corrected chi connectivity index (χ0v) is 11.5. The molecule has 0 aromatic carbocycles. The van der Waals surface area contributed by atoms with E-state index >= 15 is 0 Å². The van der Waals surface area contributed by atoms with E-state index in [1.165, 1.54) is 45.1 Å². The predicted molar refractivity (Wildman–Crippen MR) is 70.3 cm³/mol. The van der Waals surface area contributed by atoms with Crippen LogP contribution in [0.4, 0.5) is 0 Å². The van der Waals surface area contributed by atoms with E-state index < -0.39 is 0 Å². The van der Waals surface area contributed by atoms with Crippen molar-refractivity contribution in [1.29, 1.82) is 0 Å². The fourth-order valence-corrected chi connectivity index (χ4v) is 1.99. The highest BCUT2D eigenvalue weighted by atomic mass is 14.9. The van der Waals surface area contributed by atoms with Crippen LogP contribution in [0.15, 0.2) is 0 Å². The lowest BCUT2D eigenvalue weighted by Crippen LogP contribution is -2.37. The van der Waals surface area contributed by atoms with Gasteiger partial charge in [0.05, 0.1) is 0 Å². The van der Waals surface area contributed by atoms with E-state index in [1.807, 2.05) is 0 Å². The Kier molecular flexibility index (Phi) is 8.13. The molecule has 0 aliphatic heterocycles. The lowest BCUT2D eigenvalue weighted by atomic mass is 9.93. The Bertz CT molecular complexity index is 135. The van der Waals surface area contributed by atoms with Crippen LogP contribution >= 0.6 is 0 Å². The van der Waals surface area contributed by atoms with Crippen LogP contribution in [-0.2, 0) is 0 Å². The fourth-order valence-electron chi connectivity index (χ4n) is 1.99. The van der Waals surface area contributed by atoms with E-state index in [9.17, 15) is 0 Å². The summed E-state index contributed by atoms with van der Waals surface area (Å²) in [5.74, 6) is 0.949. The highest BCUT2D eigenvalue weighted by Gasteiger charge is 2.11. The second kappa shape index (κ2) is 8.15. The molecular formula is C14H31N. The van der Waals surface area contributed by atoms with Crippen molar-refractivity contribution in [3.63, 3.8) is 0 Å². The lowest BCUT2D eigenvalue weighted by Gasteiger charge is -2.23. The van der Waals surface area contributed by atoms with Crippen molar-refractivity contribution in [3.8, 4) is 0 Å². The van der Waals surface area contributed by atoms with Gasteiger partial charge in [0.25, 0.3) is 0 Å². The Balaban J connectivity index is 3.65. The molecule has 15 heavy (non-hydrogen) atoms. The topological polar surface area (TPSA) is 12.0 Å². The molecule has 0 saturated carbocycles. The van der Waals surface area contributed by atoms with Crippen LogP contribution in [0.5, 0.6) is 0 Å². The fraction of sp³-hybridized carbons (Fsp3) is 1.00. The van der Waals surface area contributed by atoms with Crippen molar-refractivity contribution in [2.24, 2.45) is 5.92 Å². The van der Waals surface area contributed by atoms with Gasteiger partial charge in [0.2, 0.25) is 0 Å². The predicted octanol–water partition coefficient (Wildman–Crippen LogP) is 4.37. The normalized spacial score (nSPS) is 14.2. The summed E-state index contributed by atoms with van der Waals surface area (Å²) < 4.78 is 0. The molecule has 1 atom stereocenters. The Hall–Kier alpha value is -0.0400. The average molecular weight is 213 g/mol. The summed E-state index contributed by atoms with van der Waals surface area (Å²) in [5.41, 5.74) is 0.279. The van der Waals surface area contributed by atoms with Crippen molar-refractivity contribution < 1.29 is 0 Å². The zero-order valence-electron chi connectivity index (χ0n) is 11.5. The second-order valence-corrected chi connectivity index (χ2v) is 5.76.